The van der Waals surface area contributed by atoms with Gasteiger partial charge in [-0.1, -0.05) is 62.7 Å². The second-order valence-corrected chi connectivity index (χ2v) is 7.82. The summed E-state index contributed by atoms with van der Waals surface area (Å²) >= 11 is 0. The SMILES string of the molecule is CCC(C)[C@H](NC(=O)c1ccc2ccccc2c1OCc1ccc(C(F)(F)F)cc1)C(=O)O. The fourth-order valence-electron chi connectivity index (χ4n) is 3.42. The van der Waals surface area contributed by atoms with Crippen LogP contribution in [0.4, 0.5) is 13.2 Å². The maximum absolute atomic E-state index is 13.0. The first kappa shape index (κ1) is 24.1. The largest absolute Gasteiger partial charge is 0.487 e. The molecule has 0 aliphatic carbocycles. The summed E-state index contributed by atoms with van der Waals surface area (Å²) in [6.07, 6.45) is -3.87. The van der Waals surface area contributed by atoms with Crippen LogP contribution in [0.5, 0.6) is 5.75 Å². The first-order chi connectivity index (χ1) is 15.6. The maximum Gasteiger partial charge on any atom is 0.416 e. The van der Waals surface area contributed by atoms with Crippen molar-refractivity contribution in [3.8, 4) is 5.75 Å². The van der Waals surface area contributed by atoms with Crippen molar-refractivity contribution in [1.29, 1.82) is 0 Å². The van der Waals surface area contributed by atoms with Crippen LogP contribution in [-0.4, -0.2) is 23.0 Å². The molecule has 33 heavy (non-hydrogen) atoms. The molecule has 3 aromatic carbocycles. The number of carboxylic acid groups (broad SMARTS) is 1. The van der Waals surface area contributed by atoms with Crippen molar-refractivity contribution in [1.82, 2.24) is 5.32 Å². The maximum atomic E-state index is 13.0. The molecule has 0 bridgehead atoms. The van der Waals surface area contributed by atoms with Crippen LogP contribution in [0.15, 0.2) is 60.7 Å². The fraction of sp³-hybridized carbons (Fsp3) is 0.280. The molecule has 0 aromatic heterocycles. The van der Waals surface area contributed by atoms with Crippen LogP contribution in [0.3, 0.4) is 0 Å². The Hall–Kier alpha value is -3.55. The number of hydrogen-bond donors (Lipinski definition) is 2. The summed E-state index contributed by atoms with van der Waals surface area (Å²) in [6, 6.07) is 14.0. The minimum Gasteiger partial charge on any atom is -0.487 e. The summed E-state index contributed by atoms with van der Waals surface area (Å²) in [7, 11) is 0. The van der Waals surface area contributed by atoms with E-state index >= 15 is 0 Å². The van der Waals surface area contributed by atoms with E-state index < -0.39 is 29.7 Å². The number of nitrogens with one attached hydrogen (secondary N) is 1. The van der Waals surface area contributed by atoms with Crippen molar-refractivity contribution in [2.75, 3.05) is 0 Å². The number of hydrogen-bond acceptors (Lipinski definition) is 3. The van der Waals surface area contributed by atoms with E-state index in [1.165, 1.54) is 12.1 Å². The third-order valence-electron chi connectivity index (χ3n) is 5.55. The lowest BCUT2D eigenvalue weighted by atomic mass is 9.98. The highest BCUT2D eigenvalue weighted by molar-refractivity contribution is 6.04. The van der Waals surface area contributed by atoms with E-state index in [9.17, 15) is 27.9 Å². The average Bonchev–Trinajstić information content (AvgIpc) is 2.79. The van der Waals surface area contributed by atoms with Crippen LogP contribution < -0.4 is 10.1 Å². The lowest BCUT2D eigenvalue weighted by Gasteiger charge is -2.21. The Morgan fingerprint density at radius 1 is 1.03 bits per heavy atom. The summed E-state index contributed by atoms with van der Waals surface area (Å²) < 4.78 is 44.4. The number of aliphatic carboxylic acids is 1. The molecule has 1 amide bonds. The monoisotopic (exact) mass is 459 g/mol. The van der Waals surface area contributed by atoms with Gasteiger partial charge in [0, 0.05) is 5.39 Å². The van der Waals surface area contributed by atoms with Gasteiger partial charge >= 0.3 is 12.1 Å². The highest BCUT2D eigenvalue weighted by Gasteiger charge is 2.30. The molecule has 0 radical (unpaired) electrons. The van der Waals surface area contributed by atoms with Gasteiger partial charge in [-0.15, -0.1) is 0 Å². The van der Waals surface area contributed by atoms with Crippen LogP contribution >= 0.6 is 0 Å². The molecular weight excluding hydrogens is 435 g/mol. The molecule has 0 spiro atoms. The number of amides is 1. The van der Waals surface area contributed by atoms with E-state index in [2.05, 4.69) is 5.32 Å². The van der Waals surface area contributed by atoms with Gasteiger partial charge < -0.3 is 15.2 Å². The number of carbonyl (C=O) groups is 2. The number of alkyl halides is 3. The smallest absolute Gasteiger partial charge is 0.416 e. The van der Waals surface area contributed by atoms with Crippen LogP contribution in [-0.2, 0) is 17.6 Å². The van der Waals surface area contributed by atoms with Gasteiger partial charge in [-0.05, 0) is 35.1 Å². The lowest BCUT2D eigenvalue weighted by Crippen LogP contribution is -2.45. The molecule has 1 unspecified atom stereocenters. The van der Waals surface area contributed by atoms with Crippen LogP contribution in [0, 0.1) is 5.92 Å². The Bertz CT molecular complexity index is 1140. The van der Waals surface area contributed by atoms with Gasteiger partial charge in [-0.2, -0.15) is 13.2 Å². The molecule has 3 rings (SSSR count). The quantitative estimate of drug-likeness (QED) is 0.455. The van der Waals surface area contributed by atoms with Crippen molar-refractivity contribution in [3.05, 3.63) is 77.4 Å². The van der Waals surface area contributed by atoms with E-state index in [1.807, 2.05) is 19.1 Å². The lowest BCUT2D eigenvalue weighted by molar-refractivity contribution is -0.140. The fourth-order valence-corrected chi connectivity index (χ4v) is 3.42. The third-order valence-corrected chi connectivity index (χ3v) is 5.55. The van der Waals surface area contributed by atoms with Crippen LogP contribution in [0.1, 0.15) is 41.8 Å². The Labute approximate surface area is 189 Å². The minimum absolute atomic E-state index is 0.0693. The van der Waals surface area contributed by atoms with Crippen LogP contribution in [0.25, 0.3) is 10.8 Å². The summed E-state index contributed by atoms with van der Waals surface area (Å²) in [5.74, 6) is -1.79. The van der Waals surface area contributed by atoms with Gasteiger partial charge in [-0.25, -0.2) is 4.79 Å². The molecule has 2 N–H and O–H groups in total. The van der Waals surface area contributed by atoms with Crippen molar-refractivity contribution >= 4 is 22.6 Å². The average molecular weight is 459 g/mol. The van der Waals surface area contributed by atoms with Crippen molar-refractivity contribution in [2.45, 2.75) is 39.1 Å². The van der Waals surface area contributed by atoms with Crippen molar-refractivity contribution in [3.63, 3.8) is 0 Å². The summed E-state index contributed by atoms with van der Waals surface area (Å²) in [5, 5.41) is 13.5. The van der Waals surface area contributed by atoms with E-state index in [0.717, 1.165) is 17.5 Å². The zero-order valence-corrected chi connectivity index (χ0v) is 18.1. The number of halogens is 3. The Morgan fingerprint density at radius 3 is 2.30 bits per heavy atom. The molecule has 5 nitrogen and oxygen atoms in total. The van der Waals surface area contributed by atoms with Crippen molar-refractivity contribution in [2.24, 2.45) is 5.92 Å². The van der Waals surface area contributed by atoms with Gasteiger partial charge in [0.2, 0.25) is 0 Å². The van der Waals surface area contributed by atoms with E-state index in [0.29, 0.717) is 17.4 Å². The minimum atomic E-state index is -4.43. The van der Waals surface area contributed by atoms with Crippen LogP contribution in [0.2, 0.25) is 0 Å². The zero-order chi connectivity index (χ0) is 24.2. The Balaban J connectivity index is 1.92. The number of ether oxygens (including phenoxy) is 1. The van der Waals surface area contributed by atoms with E-state index in [4.69, 9.17) is 4.74 Å². The normalized spacial score (nSPS) is 13.4. The molecule has 3 aromatic rings. The summed E-state index contributed by atoms with van der Waals surface area (Å²) in [6.45, 7) is 3.50. The second-order valence-electron chi connectivity index (χ2n) is 7.82. The standard InChI is InChI=1S/C25H24F3NO4/c1-3-15(2)21(24(31)32)29-23(30)20-13-10-17-6-4-5-7-19(17)22(20)33-14-16-8-11-18(12-9-16)25(26,27)28/h4-13,15,21H,3,14H2,1-2H3,(H,29,30)(H,31,32)/t15?,21-/m0/s1. The third kappa shape index (κ3) is 5.63. The predicted octanol–water partition coefficient (Wildman–Crippen LogP) is 5.67. The van der Waals surface area contributed by atoms with Gasteiger partial charge in [0.05, 0.1) is 11.1 Å². The summed E-state index contributed by atoms with van der Waals surface area (Å²) in [4.78, 5) is 24.7. The zero-order valence-electron chi connectivity index (χ0n) is 18.1. The predicted molar refractivity (Wildman–Crippen MR) is 118 cm³/mol. The highest BCUT2D eigenvalue weighted by atomic mass is 19.4. The number of fused-ring (bicyclic) bond motifs is 1. The molecule has 2 atom stereocenters. The molecule has 0 aliphatic heterocycles. The van der Waals surface area contributed by atoms with Gasteiger partial charge in [0.15, 0.2) is 0 Å². The second kappa shape index (κ2) is 9.94. The first-order valence-electron chi connectivity index (χ1n) is 10.5. The highest BCUT2D eigenvalue weighted by Crippen LogP contribution is 2.32. The molecule has 8 heteroatoms. The molecule has 174 valence electrons. The van der Waals surface area contributed by atoms with E-state index in [-0.39, 0.29) is 23.8 Å². The topological polar surface area (TPSA) is 75.6 Å². The van der Waals surface area contributed by atoms with Gasteiger partial charge in [-0.3, -0.25) is 4.79 Å². The summed E-state index contributed by atoms with van der Waals surface area (Å²) in [5.41, 5.74) is -0.123. The molecule has 0 saturated carbocycles. The molecule has 0 heterocycles. The van der Waals surface area contributed by atoms with Crippen molar-refractivity contribution < 1.29 is 32.6 Å². The van der Waals surface area contributed by atoms with Gasteiger partial charge in [0.1, 0.15) is 18.4 Å². The molecular formula is C25H24F3NO4. The van der Waals surface area contributed by atoms with Gasteiger partial charge in [0.25, 0.3) is 5.91 Å². The number of rotatable bonds is 8. The first-order valence-corrected chi connectivity index (χ1v) is 10.5. The Kier molecular flexibility index (Phi) is 7.26. The number of benzene rings is 3. The molecule has 0 fully saturated rings. The Morgan fingerprint density at radius 2 is 1.70 bits per heavy atom. The number of carbonyl (C=O) groups excluding carboxylic acids is 1. The number of carboxylic acids is 1. The molecule has 0 saturated heterocycles. The molecule has 0 aliphatic rings. The van der Waals surface area contributed by atoms with E-state index in [1.54, 1.807) is 31.2 Å².